The maximum atomic E-state index is 13.6. The van der Waals surface area contributed by atoms with Gasteiger partial charge >= 0.3 is 0 Å². The van der Waals surface area contributed by atoms with Crippen LogP contribution in [-0.4, -0.2) is 38.3 Å². The van der Waals surface area contributed by atoms with Gasteiger partial charge in [-0.2, -0.15) is 4.31 Å². The van der Waals surface area contributed by atoms with Crippen LogP contribution in [0.25, 0.3) is 0 Å². The van der Waals surface area contributed by atoms with E-state index in [-0.39, 0.29) is 17.1 Å². The molecule has 0 bridgehead atoms. The van der Waals surface area contributed by atoms with Crippen LogP contribution in [0.1, 0.15) is 24.8 Å². The van der Waals surface area contributed by atoms with Gasteiger partial charge in [0.15, 0.2) is 0 Å². The van der Waals surface area contributed by atoms with Gasteiger partial charge in [-0.15, -0.1) is 0 Å². The van der Waals surface area contributed by atoms with Crippen molar-refractivity contribution in [3.63, 3.8) is 0 Å². The van der Waals surface area contributed by atoms with E-state index in [9.17, 15) is 22.0 Å². The van der Waals surface area contributed by atoms with Crippen LogP contribution in [-0.2, 0) is 14.8 Å². The van der Waals surface area contributed by atoms with E-state index >= 15 is 0 Å². The van der Waals surface area contributed by atoms with Crippen LogP contribution in [0.4, 0.5) is 20.2 Å². The molecule has 29 heavy (non-hydrogen) atoms. The number of carbonyl (C=O) groups excluding carboxylic acids is 1. The second-order valence-electron chi connectivity index (χ2n) is 6.94. The fourth-order valence-corrected chi connectivity index (χ4v) is 4.72. The van der Waals surface area contributed by atoms with Crippen LogP contribution in [0.5, 0.6) is 0 Å². The van der Waals surface area contributed by atoms with Crippen molar-refractivity contribution in [2.75, 3.05) is 30.3 Å². The lowest BCUT2D eigenvalue weighted by Crippen LogP contribution is -2.35. The van der Waals surface area contributed by atoms with Crippen LogP contribution in [0.2, 0.25) is 0 Å². The molecule has 0 radical (unpaired) electrons. The summed E-state index contributed by atoms with van der Waals surface area (Å²) in [6.45, 7) is 2.32. The largest absolute Gasteiger partial charge is 0.371 e. The van der Waals surface area contributed by atoms with Gasteiger partial charge in [-0.3, -0.25) is 4.79 Å². The Morgan fingerprint density at radius 2 is 1.72 bits per heavy atom. The number of rotatable bonds is 6. The zero-order valence-electron chi connectivity index (χ0n) is 16.0. The van der Waals surface area contributed by atoms with Gasteiger partial charge in [0.05, 0.1) is 11.4 Å². The molecule has 0 aliphatic carbocycles. The van der Waals surface area contributed by atoms with Crippen LogP contribution in [0.3, 0.4) is 0 Å². The Labute approximate surface area is 169 Å². The predicted molar refractivity (Wildman–Crippen MR) is 107 cm³/mol. The molecule has 0 spiro atoms. The Bertz CT molecular complexity index is 986. The third kappa shape index (κ3) is 4.91. The van der Waals surface area contributed by atoms with E-state index in [0.29, 0.717) is 24.3 Å². The smallest absolute Gasteiger partial charge is 0.243 e. The summed E-state index contributed by atoms with van der Waals surface area (Å²) in [6, 6.07) is 7.96. The van der Waals surface area contributed by atoms with Crippen LogP contribution in [0.15, 0.2) is 41.3 Å². The fourth-order valence-electron chi connectivity index (χ4n) is 3.18. The summed E-state index contributed by atoms with van der Waals surface area (Å²) >= 11 is 0. The van der Waals surface area contributed by atoms with Crippen molar-refractivity contribution >= 4 is 27.3 Å². The van der Waals surface area contributed by atoms with Crippen molar-refractivity contribution in [1.29, 1.82) is 0 Å². The molecule has 1 saturated heterocycles. The Morgan fingerprint density at radius 3 is 2.38 bits per heavy atom. The first-order valence-corrected chi connectivity index (χ1v) is 10.8. The molecule has 1 fully saturated rings. The zero-order valence-corrected chi connectivity index (χ0v) is 16.9. The minimum absolute atomic E-state index is 0.105. The summed E-state index contributed by atoms with van der Waals surface area (Å²) in [5.74, 6) is -2.16. The molecule has 3 rings (SSSR count). The van der Waals surface area contributed by atoms with Gasteiger partial charge in [-0.05, 0) is 49.6 Å². The number of nitrogens with zero attached hydrogens (tertiary/aromatic N) is 1. The van der Waals surface area contributed by atoms with E-state index in [1.54, 1.807) is 13.0 Å². The Morgan fingerprint density at radius 1 is 1.07 bits per heavy atom. The first-order chi connectivity index (χ1) is 13.8. The van der Waals surface area contributed by atoms with E-state index in [0.717, 1.165) is 31.4 Å². The number of anilines is 2. The summed E-state index contributed by atoms with van der Waals surface area (Å²) in [5, 5.41) is 5.03. The molecule has 0 unspecified atom stereocenters. The van der Waals surface area contributed by atoms with Crippen molar-refractivity contribution in [2.24, 2.45) is 0 Å². The molecule has 9 heteroatoms. The SMILES string of the molecule is Cc1ccc(S(=O)(=O)N2CCCCC2)cc1NC(=O)CNc1c(F)cccc1F. The van der Waals surface area contributed by atoms with E-state index in [2.05, 4.69) is 10.6 Å². The maximum absolute atomic E-state index is 13.6. The molecule has 2 aromatic carbocycles. The average Bonchev–Trinajstić information content (AvgIpc) is 2.70. The number of sulfonamides is 1. The second kappa shape index (κ2) is 8.87. The lowest BCUT2D eigenvalue weighted by molar-refractivity contribution is -0.114. The number of benzene rings is 2. The van der Waals surface area contributed by atoms with Gasteiger partial charge in [0.25, 0.3) is 0 Å². The van der Waals surface area contributed by atoms with Gasteiger partial charge in [0.1, 0.15) is 17.3 Å². The Kier molecular flexibility index (Phi) is 6.49. The number of amides is 1. The lowest BCUT2D eigenvalue weighted by atomic mass is 10.2. The molecule has 1 heterocycles. The quantitative estimate of drug-likeness (QED) is 0.746. The maximum Gasteiger partial charge on any atom is 0.243 e. The van der Waals surface area contributed by atoms with Crippen molar-refractivity contribution in [3.8, 4) is 0 Å². The molecule has 1 aliphatic rings. The number of hydrogen-bond acceptors (Lipinski definition) is 4. The van der Waals surface area contributed by atoms with Crippen LogP contribution in [0, 0.1) is 18.6 Å². The highest BCUT2D eigenvalue weighted by atomic mass is 32.2. The van der Waals surface area contributed by atoms with Gasteiger partial charge < -0.3 is 10.6 Å². The predicted octanol–water partition coefficient (Wildman–Crippen LogP) is 3.50. The fraction of sp³-hybridized carbons (Fsp3) is 0.350. The number of para-hydroxylation sites is 1. The number of piperidine rings is 1. The third-order valence-corrected chi connectivity index (χ3v) is 6.72. The lowest BCUT2D eigenvalue weighted by Gasteiger charge is -2.26. The molecular formula is C20H23F2N3O3S. The molecule has 0 aromatic heterocycles. The number of carbonyl (C=O) groups is 1. The van der Waals surface area contributed by atoms with E-state index in [1.165, 1.54) is 22.5 Å². The molecule has 2 aromatic rings. The van der Waals surface area contributed by atoms with E-state index in [1.807, 2.05) is 0 Å². The Hall–Kier alpha value is -2.52. The van der Waals surface area contributed by atoms with Gasteiger partial charge in [0, 0.05) is 18.8 Å². The molecule has 1 amide bonds. The molecule has 0 atom stereocenters. The topological polar surface area (TPSA) is 78.5 Å². The standard InChI is InChI=1S/C20H23F2N3O3S/c1-14-8-9-15(29(27,28)25-10-3-2-4-11-25)12-18(14)24-19(26)13-23-20-16(21)6-5-7-17(20)22/h5-9,12,23H,2-4,10-11,13H2,1H3,(H,24,26). The van der Waals surface area contributed by atoms with Gasteiger partial charge in [-0.25, -0.2) is 17.2 Å². The summed E-state index contributed by atoms with van der Waals surface area (Å²) in [4.78, 5) is 12.3. The Balaban J connectivity index is 1.72. The zero-order chi connectivity index (χ0) is 21.0. The molecule has 0 saturated carbocycles. The summed E-state index contributed by atoms with van der Waals surface area (Å²) in [7, 11) is -3.64. The van der Waals surface area contributed by atoms with Gasteiger partial charge in [0.2, 0.25) is 15.9 Å². The highest BCUT2D eigenvalue weighted by molar-refractivity contribution is 7.89. The number of nitrogens with one attached hydrogen (secondary N) is 2. The molecule has 6 nitrogen and oxygen atoms in total. The second-order valence-corrected chi connectivity index (χ2v) is 8.88. The third-order valence-electron chi connectivity index (χ3n) is 4.82. The van der Waals surface area contributed by atoms with Crippen molar-refractivity contribution < 1.29 is 22.0 Å². The normalized spacial score (nSPS) is 15.1. The minimum Gasteiger partial charge on any atom is -0.371 e. The molecular weight excluding hydrogens is 400 g/mol. The van der Waals surface area contributed by atoms with Crippen molar-refractivity contribution in [2.45, 2.75) is 31.1 Å². The average molecular weight is 423 g/mol. The summed E-state index contributed by atoms with van der Waals surface area (Å²) in [5.41, 5.74) is 0.623. The number of aryl methyl sites for hydroxylation is 1. The highest BCUT2D eigenvalue weighted by Crippen LogP contribution is 2.25. The molecule has 156 valence electrons. The monoisotopic (exact) mass is 423 g/mol. The number of hydrogen-bond donors (Lipinski definition) is 2. The van der Waals surface area contributed by atoms with Crippen LogP contribution < -0.4 is 10.6 Å². The first kappa shape index (κ1) is 21.2. The van der Waals surface area contributed by atoms with Crippen molar-refractivity contribution in [3.05, 3.63) is 53.6 Å². The van der Waals surface area contributed by atoms with Gasteiger partial charge in [-0.1, -0.05) is 18.6 Å². The molecule has 2 N–H and O–H groups in total. The summed E-state index contributed by atoms with van der Waals surface area (Å²) in [6.07, 6.45) is 2.66. The minimum atomic E-state index is -3.64. The summed E-state index contributed by atoms with van der Waals surface area (Å²) < 4.78 is 54.4. The van der Waals surface area contributed by atoms with E-state index < -0.39 is 27.6 Å². The highest BCUT2D eigenvalue weighted by Gasteiger charge is 2.26. The number of halogens is 2. The van der Waals surface area contributed by atoms with Crippen LogP contribution >= 0.6 is 0 Å². The van der Waals surface area contributed by atoms with E-state index in [4.69, 9.17) is 0 Å². The molecule has 1 aliphatic heterocycles. The van der Waals surface area contributed by atoms with Crippen molar-refractivity contribution in [1.82, 2.24) is 4.31 Å². The first-order valence-electron chi connectivity index (χ1n) is 9.37.